The molecule has 0 radical (unpaired) electrons. The zero-order chi connectivity index (χ0) is 58.3. The molecule has 2 heterocycles. The van der Waals surface area contributed by atoms with Gasteiger partial charge in [0.25, 0.3) is 11.8 Å². The number of carbonyl (C=O) groups is 8. The first kappa shape index (κ1) is 59.6. The van der Waals surface area contributed by atoms with Gasteiger partial charge in [-0.05, 0) is 177 Å². The third kappa shape index (κ3) is 15.0. The minimum absolute atomic E-state index is 0.0238. The molecule has 18 nitrogen and oxygen atoms in total. The maximum absolute atomic E-state index is 14.9. The van der Waals surface area contributed by atoms with E-state index in [4.69, 9.17) is 9.47 Å². The summed E-state index contributed by atoms with van der Waals surface area (Å²) in [6.45, 7) is 10.6. The van der Waals surface area contributed by atoms with E-state index in [2.05, 4.69) is 44.0 Å². The molecule has 2 saturated heterocycles. The van der Waals surface area contributed by atoms with Crippen molar-refractivity contribution in [1.29, 1.82) is 0 Å². The number of nitrogens with zero attached hydrogens (tertiary/aromatic N) is 2. The van der Waals surface area contributed by atoms with Gasteiger partial charge in [0.15, 0.2) is 0 Å². The number of rotatable bonds is 14. The Hall–Kier alpha value is -6.98. The fraction of sp³-hybridized carbons (Fsp3) is 0.594. The van der Waals surface area contributed by atoms with E-state index in [0.717, 1.165) is 114 Å². The van der Waals surface area contributed by atoms with Crippen molar-refractivity contribution in [3.63, 3.8) is 0 Å². The first-order chi connectivity index (χ1) is 39.2. The lowest BCUT2D eigenvalue weighted by Gasteiger charge is -2.35. The Kier molecular flexibility index (Phi) is 19.0. The smallest absolute Gasteiger partial charge is 0.408 e. The number of nitrogens with one attached hydrogen (secondary N) is 6. The summed E-state index contributed by atoms with van der Waals surface area (Å²) in [5.41, 5.74) is 3.33. The topological polar surface area (TPSA) is 234 Å². The van der Waals surface area contributed by atoms with E-state index in [1.807, 2.05) is 36.4 Å². The highest BCUT2D eigenvalue weighted by molar-refractivity contribution is 5.99. The lowest BCUT2D eigenvalue weighted by molar-refractivity contribution is -0.141. The maximum Gasteiger partial charge on any atom is 0.408 e. The normalized spacial score (nSPS) is 23.9. The first-order valence-electron chi connectivity index (χ1n) is 30.3. The molecule has 3 aromatic rings. The number of hydrogen-bond acceptors (Lipinski definition) is 10. The second kappa shape index (κ2) is 26.1. The van der Waals surface area contributed by atoms with Gasteiger partial charge in [-0.25, -0.2) is 9.59 Å². The van der Waals surface area contributed by atoms with Gasteiger partial charge >= 0.3 is 12.2 Å². The highest BCUT2D eigenvalue weighted by Crippen LogP contribution is 2.35. The van der Waals surface area contributed by atoms with Gasteiger partial charge in [0.2, 0.25) is 23.6 Å². The van der Waals surface area contributed by atoms with Crippen LogP contribution in [0.2, 0.25) is 0 Å². The molecule has 0 spiro atoms. The van der Waals surface area contributed by atoms with Crippen molar-refractivity contribution in [2.45, 2.75) is 217 Å². The molecule has 4 aliphatic carbocycles. The molecule has 82 heavy (non-hydrogen) atoms. The van der Waals surface area contributed by atoms with E-state index in [-0.39, 0.29) is 72.8 Å². The second-order valence-corrected chi connectivity index (χ2v) is 25.8. The third-order valence-corrected chi connectivity index (χ3v) is 17.3. The molecule has 8 atom stereocenters. The standard InChI is InChI=1S/C64H86N8O10/c1-63(2,3)81-61(79)69-53(41-21-9-7-10-22-41)59(77)71-37-45(35-51(71)57(75)67-49-29-17-25-39-19-13-15-27-47(39)49)65-55(73)43-31-33-44(34-32-43)56(74)66-46-36-52(58(76)68-50-30-18-26-40-20-14-16-28-48(40)50)72(38-46)60(78)54(42-23-11-8-12-24-42)70-62(80)82-64(4,5)6/h13-16,19-20,27-28,31-34,41-42,45-46,49-54H,7-12,17-18,21-26,29-30,35-38H2,1-6H3,(H,65,73)(H,66,74)(H,67,75)(H,68,76)(H,69,79)(H,70,80)/t45-,46-,49+,50+,51-,52-,53-,54-/m0/s1. The van der Waals surface area contributed by atoms with E-state index in [1.165, 1.54) is 45.2 Å². The van der Waals surface area contributed by atoms with Gasteiger partial charge < -0.3 is 51.2 Å². The highest BCUT2D eigenvalue weighted by Gasteiger charge is 2.47. The zero-order valence-corrected chi connectivity index (χ0v) is 48.8. The van der Waals surface area contributed by atoms with Crippen LogP contribution in [0.4, 0.5) is 9.59 Å². The molecule has 2 saturated carbocycles. The van der Waals surface area contributed by atoms with Crippen molar-refractivity contribution in [3.8, 4) is 0 Å². The molecule has 0 aromatic heterocycles. The zero-order valence-electron chi connectivity index (χ0n) is 48.8. The van der Waals surface area contributed by atoms with Crippen molar-refractivity contribution in [1.82, 2.24) is 41.7 Å². The summed E-state index contributed by atoms with van der Waals surface area (Å²) in [5, 5.41) is 18.4. The van der Waals surface area contributed by atoms with Crippen molar-refractivity contribution in [2.75, 3.05) is 13.1 Å². The largest absolute Gasteiger partial charge is 0.444 e. The van der Waals surface area contributed by atoms with Gasteiger partial charge in [0, 0.05) is 36.3 Å². The molecule has 2 aliphatic heterocycles. The Morgan fingerprint density at radius 3 is 1.20 bits per heavy atom. The molecular formula is C64H86N8O10. The SMILES string of the molecule is CC(C)(C)OC(=O)N[C@H](C(=O)N1C[C@@H](NC(=O)c2ccc(C(=O)N[C@H]3C[C@@H](C(=O)N[C@@H]4CCCc5ccccc54)N(C(=O)[C@@H](NC(=O)OC(C)(C)C)C4CCCCC4)C3)cc2)C[C@H]1C(=O)N[C@@H]1CCCc2ccccc21)C1CCCCC1. The number of fused-ring (bicyclic) bond motifs is 2. The van der Waals surface area contributed by atoms with E-state index in [0.29, 0.717) is 0 Å². The molecule has 18 heteroatoms. The van der Waals surface area contributed by atoms with E-state index >= 15 is 0 Å². The molecule has 0 unspecified atom stereocenters. The Bertz CT molecular complexity index is 2630. The van der Waals surface area contributed by atoms with Crippen LogP contribution < -0.4 is 31.9 Å². The van der Waals surface area contributed by atoms with Crippen LogP contribution in [0.5, 0.6) is 0 Å². The second-order valence-electron chi connectivity index (χ2n) is 25.8. The number of alkyl carbamates (subject to hydrolysis) is 2. The molecule has 0 bridgehead atoms. The summed E-state index contributed by atoms with van der Waals surface area (Å²) < 4.78 is 11.3. The van der Waals surface area contributed by atoms with Gasteiger partial charge in [-0.15, -0.1) is 0 Å². The number of ether oxygens (including phenoxy) is 2. The lowest BCUT2D eigenvalue weighted by Crippen LogP contribution is -2.57. The first-order valence-corrected chi connectivity index (χ1v) is 30.3. The van der Waals surface area contributed by atoms with Crippen LogP contribution in [0.3, 0.4) is 0 Å². The van der Waals surface area contributed by atoms with Crippen LogP contribution in [0.25, 0.3) is 0 Å². The average molecular weight is 1130 g/mol. The van der Waals surface area contributed by atoms with Crippen molar-refractivity contribution >= 4 is 47.6 Å². The van der Waals surface area contributed by atoms with Gasteiger partial charge in [-0.1, -0.05) is 87.1 Å². The van der Waals surface area contributed by atoms with E-state index in [1.54, 1.807) is 41.5 Å². The molecule has 6 aliphatic rings. The molecule has 8 amide bonds. The third-order valence-electron chi connectivity index (χ3n) is 17.3. The molecule has 3 aromatic carbocycles. The van der Waals surface area contributed by atoms with Gasteiger partial charge in [0.1, 0.15) is 35.4 Å². The summed E-state index contributed by atoms with van der Waals surface area (Å²) in [4.78, 5) is 117. The summed E-state index contributed by atoms with van der Waals surface area (Å²) in [6, 6.07) is 16.7. The quantitative estimate of drug-likeness (QED) is 0.0902. The summed E-state index contributed by atoms with van der Waals surface area (Å²) in [5.74, 6) is -2.72. The average Bonchev–Trinajstić information content (AvgIpc) is 4.24. The Balaban J connectivity index is 0.898. The monoisotopic (exact) mass is 1130 g/mol. The van der Waals surface area contributed by atoms with Crippen molar-refractivity contribution in [2.24, 2.45) is 11.8 Å². The molecule has 442 valence electrons. The fourth-order valence-electron chi connectivity index (χ4n) is 13.4. The molecule has 6 N–H and O–H groups in total. The van der Waals surface area contributed by atoms with Crippen LogP contribution in [0.1, 0.15) is 199 Å². The summed E-state index contributed by atoms with van der Waals surface area (Å²) in [6.07, 6.45) is 12.5. The van der Waals surface area contributed by atoms with Gasteiger partial charge in [-0.3, -0.25) is 28.8 Å². The molecular weight excluding hydrogens is 1040 g/mol. The van der Waals surface area contributed by atoms with Crippen LogP contribution in [-0.2, 0) is 41.5 Å². The minimum Gasteiger partial charge on any atom is -0.444 e. The van der Waals surface area contributed by atoms with E-state index < -0.39 is 83.3 Å². The Labute approximate surface area is 483 Å². The van der Waals surface area contributed by atoms with Crippen LogP contribution in [0.15, 0.2) is 72.8 Å². The number of aryl methyl sites for hydroxylation is 2. The number of likely N-dealkylation sites (tertiary alicyclic amines) is 2. The maximum atomic E-state index is 14.9. The minimum atomic E-state index is -0.944. The molecule has 4 fully saturated rings. The van der Waals surface area contributed by atoms with Crippen LogP contribution >= 0.6 is 0 Å². The van der Waals surface area contributed by atoms with Crippen molar-refractivity contribution < 1.29 is 47.8 Å². The summed E-state index contributed by atoms with van der Waals surface area (Å²) in [7, 11) is 0. The number of hydrogen-bond donors (Lipinski definition) is 6. The number of benzene rings is 3. The Morgan fingerprint density at radius 2 is 0.829 bits per heavy atom. The fourth-order valence-corrected chi connectivity index (χ4v) is 13.4. The number of carbonyl (C=O) groups excluding carboxylic acids is 8. The summed E-state index contributed by atoms with van der Waals surface area (Å²) >= 11 is 0. The van der Waals surface area contributed by atoms with E-state index in [9.17, 15) is 38.4 Å². The molecule has 9 rings (SSSR count). The van der Waals surface area contributed by atoms with Gasteiger partial charge in [0.05, 0.1) is 12.1 Å². The van der Waals surface area contributed by atoms with Crippen LogP contribution in [-0.4, -0.2) is 118 Å². The van der Waals surface area contributed by atoms with Crippen molar-refractivity contribution in [3.05, 3.63) is 106 Å². The lowest BCUT2D eigenvalue weighted by atomic mass is 9.83. The highest BCUT2D eigenvalue weighted by atomic mass is 16.6. The number of amides is 8. The van der Waals surface area contributed by atoms with Gasteiger partial charge in [-0.2, -0.15) is 0 Å². The Morgan fingerprint density at radius 1 is 0.463 bits per heavy atom. The van der Waals surface area contributed by atoms with Crippen LogP contribution in [0, 0.1) is 11.8 Å². The predicted octanol–water partition coefficient (Wildman–Crippen LogP) is 8.42. The predicted molar refractivity (Wildman–Crippen MR) is 309 cm³/mol.